The van der Waals surface area contributed by atoms with Gasteiger partial charge in [0.25, 0.3) is 0 Å². The van der Waals surface area contributed by atoms with Gasteiger partial charge in [-0.15, -0.1) is 0 Å². The normalized spacial score (nSPS) is 11.1. The first-order valence-corrected chi connectivity index (χ1v) is 6.13. The van der Waals surface area contributed by atoms with Crippen molar-refractivity contribution >= 4 is 21.7 Å². The highest BCUT2D eigenvalue weighted by molar-refractivity contribution is 7.92. The first kappa shape index (κ1) is 12.4. The molecule has 0 aliphatic rings. The molecule has 1 rings (SSSR count). The van der Waals surface area contributed by atoms with Crippen molar-refractivity contribution in [1.82, 2.24) is 4.98 Å². The Morgan fingerprint density at radius 3 is 2.50 bits per heavy atom. The van der Waals surface area contributed by atoms with E-state index in [0.717, 1.165) is 4.31 Å². The lowest BCUT2D eigenvalue weighted by Crippen LogP contribution is -2.29. The largest absolute Gasteiger partial charge is 0.481 e. The molecule has 0 aliphatic heterocycles. The van der Waals surface area contributed by atoms with Crippen molar-refractivity contribution in [3.63, 3.8) is 0 Å². The second-order valence-electron chi connectivity index (χ2n) is 3.13. The monoisotopic (exact) mass is 244 g/mol. The van der Waals surface area contributed by atoms with Crippen LogP contribution in [-0.2, 0) is 14.8 Å². The van der Waals surface area contributed by atoms with Gasteiger partial charge < -0.3 is 5.11 Å². The van der Waals surface area contributed by atoms with Crippen molar-refractivity contribution in [2.75, 3.05) is 17.1 Å². The molecule has 6 nitrogen and oxygen atoms in total. The number of pyridine rings is 1. The fourth-order valence-corrected chi connectivity index (χ4v) is 2.22. The molecule has 88 valence electrons. The molecule has 0 fully saturated rings. The Labute approximate surface area is 93.6 Å². The zero-order chi connectivity index (χ0) is 12.2. The Morgan fingerprint density at radius 1 is 1.44 bits per heavy atom. The van der Waals surface area contributed by atoms with E-state index < -0.39 is 28.2 Å². The summed E-state index contributed by atoms with van der Waals surface area (Å²) in [5, 5.41) is 8.44. The van der Waals surface area contributed by atoms with Crippen molar-refractivity contribution in [1.29, 1.82) is 0 Å². The standard InChI is InChI=1S/C9H12N2O4S/c1-11(8-2-5-10-6-3-8)16(14,15)7-4-9(12)13/h2-3,5-6H,4,7H2,1H3,(H,12,13). The third kappa shape index (κ3) is 3.20. The quantitative estimate of drug-likeness (QED) is 0.806. The van der Waals surface area contributed by atoms with E-state index in [9.17, 15) is 13.2 Å². The molecule has 1 heterocycles. The van der Waals surface area contributed by atoms with Crippen LogP contribution in [0.15, 0.2) is 24.5 Å². The van der Waals surface area contributed by atoms with Gasteiger partial charge in [-0.25, -0.2) is 8.42 Å². The molecule has 1 aromatic heterocycles. The number of aliphatic carboxylic acids is 1. The first-order valence-electron chi connectivity index (χ1n) is 4.52. The maximum atomic E-state index is 11.7. The van der Waals surface area contributed by atoms with E-state index in [2.05, 4.69) is 4.98 Å². The molecule has 0 aromatic carbocycles. The summed E-state index contributed by atoms with van der Waals surface area (Å²) >= 11 is 0. The number of carboxylic acid groups (broad SMARTS) is 1. The van der Waals surface area contributed by atoms with Crippen molar-refractivity contribution in [3.05, 3.63) is 24.5 Å². The van der Waals surface area contributed by atoms with Crippen LogP contribution in [0.2, 0.25) is 0 Å². The maximum absolute atomic E-state index is 11.7. The van der Waals surface area contributed by atoms with Gasteiger partial charge in [-0.1, -0.05) is 0 Å². The lowest BCUT2D eigenvalue weighted by atomic mass is 10.4. The Morgan fingerprint density at radius 2 is 2.00 bits per heavy atom. The van der Waals surface area contributed by atoms with E-state index >= 15 is 0 Å². The molecule has 0 saturated heterocycles. The fourth-order valence-electron chi connectivity index (χ4n) is 1.07. The molecule has 0 amide bonds. The van der Waals surface area contributed by atoms with Gasteiger partial charge in [0.05, 0.1) is 17.9 Å². The summed E-state index contributed by atoms with van der Waals surface area (Å²) in [6.07, 6.45) is 2.54. The number of carboxylic acids is 1. The molecule has 0 atom stereocenters. The number of rotatable bonds is 5. The van der Waals surface area contributed by atoms with Crippen LogP contribution in [0.1, 0.15) is 6.42 Å². The molecular weight excluding hydrogens is 232 g/mol. The summed E-state index contributed by atoms with van der Waals surface area (Å²) in [5.41, 5.74) is 0.459. The SMILES string of the molecule is CN(c1ccncc1)S(=O)(=O)CCC(=O)O. The molecule has 7 heteroatoms. The number of carbonyl (C=O) groups is 1. The number of hydrogen-bond donors (Lipinski definition) is 1. The number of nitrogens with zero attached hydrogens (tertiary/aromatic N) is 2. The smallest absolute Gasteiger partial charge is 0.304 e. The van der Waals surface area contributed by atoms with Gasteiger partial charge in [0.2, 0.25) is 10.0 Å². The number of sulfonamides is 1. The van der Waals surface area contributed by atoms with E-state index in [4.69, 9.17) is 5.11 Å². The van der Waals surface area contributed by atoms with Crippen LogP contribution in [0.4, 0.5) is 5.69 Å². The third-order valence-corrected chi connectivity index (χ3v) is 3.78. The van der Waals surface area contributed by atoms with Crippen LogP contribution in [0.3, 0.4) is 0 Å². The minimum Gasteiger partial charge on any atom is -0.481 e. The minimum atomic E-state index is -3.58. The van der Waals surface area contributed by atoms with Crippen LogP contribution in [0, 0.1) is 0 Å². The topological polar surface area (TPSA) is 87.6 Å². The summed E-state index contributed by atoms with van der Waals surface area (Å²) < 4.78 is 24.4. The van der Waals surface area contributed by atoms with Gasteiger partial charge in [0, 0.05) is 19.4 Å². The Hall–Kier alpha value is -1.63. The average Bonchev–Trinajstić information content (AvgIpc) is 2.27. The molecule has 1 aromatic rings. The molecule has 0 radical (unpaired) electrons. The highest BCUT2D eigenvalue weighted by Gasteiger charge is 2.19. The Bertz CT molecular complexity index is 458. The summed E-state index contributed by atoms with van der Waals surface area (Å²) in [5.74, 6) is -1.55. The zero-order valence-corrected chi connectivity index (χ0v) is 9.51. The lowest BCUT2D eigenvalue weighted by molar-refractivity contribution is -0.136. The number of aromatic nitrogens is 1. The predicted octanol–water partition coefficient (Wildman–Crippen LogP) is 0.322. The van der Waals surface area contributed by atoms with E-state index in [0.29, 0.717) is 5.69 Å². The molecule has 1 N–H and O–H groups in total. The van der Waals surface area contributed by atoms with Crippen molar-refractivity contribution in [2.24, 2.45) is 0 Å². The maximum Gasteiger partial charge on any atom is 0.304 e. The minimum absolute atomic E-state index is 0.405. The highest BCUT2D eigenvalue weighted by Crippen LogP contribution is 2.14. The Kier molecular flexibility index (Phi) is 3.83. The zero-order valence-electron chi connectivity index (χ0n) is 8.70. The second kappa shape index (κ2) is 4.93. The number of hydrogen-bond acceptors (Lipinski definition) is 4. The van der Waals surface area contributed by atoms with Crippen LogP contribution in [0.5, 0.6) is 0 Å². The van der Waals surface area contributed by atoms with E-state index in [1.54, 1.807) is 0 Å². The van der Waals surface area contributed by atoms with E-state index in [1.165, 1.54) is 31.6 Å². The van der Waals surface area contributed by atoms with E-state index in [-0.39, 0.29) is 0 Å². The predicted molar refractivity (Wildman–Crippen MR) is 58.7 cm³/mol. The molecular formula is C9H12N2O4S. The summed E-state index contributed by atoms with van der Waals surface area (Å²) in [6, 6.07) is 3.08. The van der Waals surface area contributed by atoms with Gasteiger partial charge in [-0.2, -0.15) is 0 Å². The van der Waals surface area contributed by atoms with Gasteiger partial charge in [-0.3, -0.25) is 14.1 Å². The molecule has 0 bridgehead atoms. The van der Waals surface area contributed by atoms with Crippen molar-refractivity contribution in [2.45, 2.75) is 6.42 Å². The van der Waals surface area contributed by atoms with Crippen LogP contribution < -0.4 is 4.31 Å². The van der Waals surface area contributed by atoms with Gasteiger partial charge in [0.1, 0.15) is 0 Å². The van der Waals surface area contributed by atoms with Gasteiger partial charge in [0.15, 0.2) is 0 Å². The fraction of sp³-hybridized carbons (Fsp3) is 0.333. The molecule has 0 saturated carbocycles. The Balaban J connectivity index is 2.81. The molecule has 0 spiro atoms. The van der Waals surface area contributed by atoms with E-state index in [1.807, 2.05) is 0 Å². The first-order chi connectivity index (χ1) is 7.43. The highest BCUT2D eigenvalue weighted by atomic mass is 32.2. The van der Waals surface area contributed by atoms with Gasteiger partial charge in [-0.05, 0) is 12.1 Å². The van der Waals surface area contributed by atoms with Crippen molar-refractivity contribution < 1.29 is 18.3 Å². The lowest BCUT2D eigenvalue weighted by Gasteiger charge is -2.18. The van der Waals surface area contributed by atoms with Crippen LogP contribution >= 0.6 is 0 Å². The second-order valence-corrected chi connectivity index (χ2v) is 5.25. The van der Waals surface area contributed by atoms with Crippen LogP contribution in [-0.4, -0.2) is 37.3 Å². The number of anilines is 1. The summed E-state index contributed by atoms with van der Waals surface area (Å²) in [4.78, 5) is 14.1. The summed E-state index contributed by atoms with van der Waals surface area (Å²) in [6.45, 7) is 0. The third-order valence-electron chi connectivity index (χ3n) is 2.02. The molecule has 0 aliphatic carbocycles. The van der Waals surface area contributed by atoms with Crippen LogP contribution in [0.25, 0.3) is 0 Å². The average molecular weight is 244 g/mol. The molecule has 0 unspecified atom stereocenters. The molecule has 16 heavy (non-hydrogen) atoms. The van der Waals surface area contributed by atoms with Gasteiger partial charge >= 0.3 is 5.97 Å². The summed E-state index contributed by atoms with van der Waals surface area (Å²) in [7, 11) is -2.20. The van der Waals surface area contributed by atoms with Crippen molar-refractivity contribution in [3.8, 4) is 0 Å².